The van der Waals surface area contributed by atoms with E-state index in [4.69, 9.17) is 0 Å². The molecule has 4 heteroatoms. The minimum atomic E-state index is 0.494. The van der Waals surface area contributed by atoms with Crippen molar-refractivity contribution in [3.8, 4) is 0 Å². The first kappa shape index (κ1) is 12.9. The number of fused-ring (bicyclic) bond motifs is 1. The summed E-state index contributed by atoms with van der Waals surface area (Å²) in [5.74, 6) is 0. The van der Waals surface area contributed by atoms with Gasteiger partial charge < -0.3 is 0 Å². The van der Waals surface area contributed by atoms with E-state index in [0.717, 1.165) is 0 Å². The molecule has 2 aromatic carbocycles. The first-order chi connectivity index (χ1) is 8.83. The third kappa shape index (κ3) is 2.87. The fraction of sp³-hybridized carbons (Fsp3) is 0.143. The molecule has 92 valence electrons. The third-order valence-electron chi connectivity index (χ3n) is 2.65. The second-order valence-corrected chi connectivity index (χ2v) is 9.04. The lowest BCUT2D eigenvalue weighted by atomic mass is 10.2. The Kier molecular flexibility index (Phi) is 4.19. The van der Waals surface area contributed by atoms with Crippen molar-refractivity contribution in [1.82, 2.24) is 0 Å². The van der Waals surface area contributed by atoms with Crippen molar-refractivity contribution < 1.29 is 0 Å². The largest absolute Gasteiger partial charge is 0.0965 e. The van der Waals surface area contributed by atoms with Crippen molar-refractivity contribution in [2.24, 2.45) is 0 Å². The molecule has 0 fully saturated rings. The summed E-state index contributed by atoms with van der Waals surface area (Å²) < 4.78 is 0.494. The summed E-state index contributed by atoms with van der Waals surface area (Å²) in [5, 5.41) is 0. The van der Waals surface area contributed by atoms with E-state index in [9.17, 15) is 0 Å². The predicted molar refractivity (Wildman–Crippen MR) is 87.3 cm³/mol. The molecule has 0 saturated carbocycles. The molecular weight excluding hydrogens is 296 g/mol. The van der Waals surface area contributed by atoms with Crippen LogP contribution in [0.2, 0.25) is 0 Å². The van der Waals surface area contributed by atoms with Gasteiger partial charge in [-0.1, -0.05) is 85.1 Å². The second-order valence-electron chi connectivity index (χ2n) is 4.05. The van der Waals surface area contributed by atoms with E-state index in [1.54, 1.807) is 0 Å². The summed E-state index contributed by atoms with van der Waals surface area (Å²) in [6, 6.07) is 17.5. The Balaban J connectivity index is 1.80. The van der Waals surface area contributed by atoms with Gasteiger partial charge in [0.15, 0.2) is 0 Å². The van der Waals surface area contributed by atoms with Crippen molar-refractivity contribution >= 4 is 43.2 Å². The predicted octanol–water partition coefficient (Wildman–Crippen LogP) is 6.19. The highest BCUT2D eigenvalue weighted by molar-refractivity contribution is 8.86. The van der Waals surface area contributed by atoms with E-state index < -0.39 is 0 Å². The molecular formula is C14H12S4. The molecule has 1 heterocycles. The van der Waals surface area contributed by atoms with Crippen molar-refractivity contribution in [3.63, 3.8) is 0 Å². The Hall–Kier alpha value is -0.160. The molecule has 0 aromatic heterocycles. The van der Waals surface area contributed by atoms with Crippen molar-refractivity contribution in [1.29, 1.82) is 0 Å². The standard InChI is InChI=1S/C14H12S4/c1-10-6-8-11(9-7-10)14-17-15-12-4-2-3-5-13(12)16-18-14/h2-9,14H,1H3. The third-order valence-corrected chi connectivity index (χ3v) is 9.05. The summed E-state index contributed by atoms with van der Waals surface area (Å²) in [7, 11) is 7.67. The molecule has 0 unspecified atom stereocenters. The topological polar surface area (TPSA) is 0 Å². The molecule has 0 spiro atoms. The summed E-state index contributed by atoms with van der Waals surface area (Å²) in [6.45, 7) is 2.14. The fourth-order valence-corrected chi connectivity index (χ4v) is 8.36. The van der Waals surface area contributed by atoms with E-state index in [1.807, 2.05) is 43.2 Å². The van der Waals surface area contributed by atoms with Crippen LogP contribution in [0, 0.1) is 6.92 Å². The lowest BCUT2D eigenvalue weighted by Gasteiger charge is -2.11. The Morgan fingerprint density at radius 3 is 1.89 bits per heavy atom. The maximum atomic E-state index is 2.25. The summed E-state index contributed by atoms with van der Waals surface area (Å²) in [6.07, 6.45) is 0. The number of aryl methyl sites for hydroxylation is 1. The van der Waals surface area contributed by atoms with Crippen LogP contribution >= 0.6 is 43.2 Å². The Labute approximate surface area is 124 Å². The van der Waals surface area contributed by atoms with Gasteiger partial charge in [-0.3, -0.25) is 0 Å². The van der Waals surface area contributed by atoms with Gasteiger partial charge in [0.25, 0.3) is 0 Å². The zero-order valence-corrected chi connectivity index (χ0v) is 13.1. The Bertz CT molecular complexity index is 509. The van der Waals surface area contributed by atoms with Gasteiger partial charge in [0.2, 0.25) is 0 Å². The average Bonchev–Trinajstić information content (AvgIpc) is 2.62. The molecule has 1 aliphatic heterocycles. The van der Waals surface area contributed by atoms with Crippen LogP contribution in [0.4, 0.5) is 0 Å². The van der Waals surface area contributed by atoms with Gasteiger partial charge in [-0.25, -0.2) is 0 Å². The number of benzene rings is 2. The molecule has 0 radical (unpaired) electrons. The second kappa shape index (κ2) is 5.87. The average molecular weight is 309 g/mol. The van der Waals surface area contributed by atoms with Crippen LogP contribution in [0.5, 0.6) is 0 Å². The molecule has 0 aliphatic carbocycles. The van der Waals surface area contributed by atoms with E-state index in [2.05, 4.69) is 55.5 Å². The molecule has 18 heavy (non-hydrogen) atoms. The molecule has 0 bridgehead atoms. The molecule has 0 atom stereocenters. The molecule has 0 amide bonds. The van der Waals surface area contributed by atoms with Crippen LogP contribution in [0.25, 0.3) is 0 Å². The van der Waals surface area contributed by atoms with Gasteiger partial charge in [0, 0.05) is 9.79 Å². The Morgan fingerprint density at radius 1 is 0.778 bits per heavy atom. The van der Waals surface area contributed by atoms with Gasteiger partial charge in [-0.05, 0) is 24.6 Å². The minimum Gasteiger partial charge on any atom is -0.0686 e. The lowest BCUT2D eigenvalue weighted by molar-refractivity contribution is 1.27. The highest BCUT2D eigenvalue weighted by Crippen LogP contribution is 2.59. The van der Waals surface area contributed by atoms with Crippen LogP contribution in [-0.4, -0.2) is 0 Å². The molecule has 0 saturated heterocycles. The van der Waals surface area contributed by atoms with Crippen LogP contribution in [0.1, 0.15) is 15.7 Å². The maximum absolute atomic E-state index is 2.25. The lowest BCUT2D eigenvalue weighted by Crippen LogP contribution is -1.85. The molecule has 3 rings (SSSR count). The van der Waals surface area contributed by atoms with Gasteiger partial charge >= 0.3 is 0 Å². The molecule has 0 nitrogen and oxygen atoms in total. The minimum absolute atomic E-state index is 0.494. The maximum Gasteiger partial charge on any atom is 0.0965 e. The van der Waals surface area contributed by atoms with Gasteiger partial charge in [0.05, 0.1) is 4.58 Å². The molecule has 2 aromatic rings. The van der Waals surface area contributed by atoms with Crippen LogP contribution in [-0.2, 0) is 0 Å². The van der Waals surface area contributed by atoms with E-state index in [1.165, 1.54) is 20.9 Å². The van der Waals surface area contributed by atoms with Gasteiger partial charge in [0.1, 0.15) is 0 Å². The summed E-state index contributed by atoms with van der Waals surface area (Å²) >= 11 is 0. The number of hydrogen-bond acceptors (Lipinski definition) is 4. The number of hydrogen-bond donors (Lipinski definition) is 0. The smallest absolute Gasteiger partial charge is 0.0686 e. The first-order valence-electron chi connectivity index (χ1n) is 5.65. The fourth-order valence-electron chi connectivity index (χ4n) is 1.63. The van der Waals surface area contributed by atoms with Crippen molar-refractivity contribution in [2.75, 3.05) is 0 Å². The Morgan fingerprint density at radius 2 is 1.33 bits per heavy atom. The van der Waals surface area contributed by atoms with Gasteiger partial charge in [-0.15, -0.1) is 0 Å². The zero-order valence-electron chi connectivity index (χ0n) is 9.83. The zero-order chi connectivity index (χ0) is 12.4. The van der Waals surface area contributed by atoms with Crippen LogP contribution < -0.4 is 0 Å². The van der Waals surface area contributed by atoms with Gasteiger partial charge in [-0.2, -0.15) is 0 Å². The van der Waals surface area contributed by atoms with Crippen molar-refractivity contribution in [3.05, 3.63) is 59.7 Å². The monoisotopic (exact) mass is 308 g/mol. The highest BCUT2D eigenvalue weighted by atomic mass is 33.1. The molecule has 1 aliphatic rings. The SMILES string of the molecule is Cc1ccc(C2SSc3ccccc3SS2)cc1. The van der Waals surface area contributed by atoms with Crippen LogP contribution in [0.3, 0.4) is 0 Å². The summed E-state index contributed by atoms with van der Waals surface area (Å²) in [5.41, 5.74) is 2.73. The first-order valence-corrected chi connectivity index (χ1v) is 10.1. The van der Waals surface area contributed by atoms with E-state index in [-0.39, 0.29) is 0 Å². The van der Waals surface area contributed by atoms with E-state index in [0.29, 0.717) is 4.58 Å². The molecule has 0 N–H and O–H groups in total. The highest BCUT2D eigenvalue weighted by Gasteiger charge is 2.20. The summed E-state index contributed by atoms with van der Waals surface area (Å²) in [4.78, 5) is 2.77. The normalized spacial score (nSPS) is 16.1. The quantitative estimate of drug-likeness (QED) is 0.576. The van der Waals surface area contributed by atoms with E-state index >= 15 is 0 Å². The number of rotatable bonds is 1. The van der Waals surface area contributed by atoms with Crippen molar-refractivity contribution in [2.45, 2.75) is 21.3 Å². The van der Waals surface area contributed by atoms with Crippen LogP contribution in [0.15, 0.2) is 58.3 Å².